The lowest BCUT2D eigenvalue weighted by atomic mass is 9.86. The molecule has 1 amide bonds. The Bertz CT molecular complexity index is 1280. The fourth-order valence-electron chi connectivity index (χ4n) is 4.03. The molecule has 11 heteroatoms. The molecule has 0 fully saturated rings. The minimum absolute atomic E-state index is 0.159. The average Bonchev–Trinajstić information content (AvgIpc) is 3.39. The fourth-order valence-corrected chi connectivity index (χ4v) is 4.45. The van der Waals surface area contributed by atoms with Gasteiger partial charge in [-0.3, -0.25) is 4.79 Å². The molecule has 152 valence electrons. The van der Waals surface area contributed by atoms with E-state index in [1.165, 1.54) is 23.4 Å². The molecule has 1 aliphatic rings. The summed E-state index contributed by atoms with van der Waals surface area (Å²) in [4.78, 5) is 23.1. The zero-order valence-corrected chi connectivity index (χ0v) is 17.6. The van der Waals surface area contributed by atoms with Gasteiger partial charge >= 0.3 is 0 Å². The van der Waals surface area contributed by atoms with E-state index in [0.29, 0.717) is 33.7 Å². The molecule has 4 heterocycles. The molecule has 1 N–H and O–H groups in total. The summed E-state index contributed by atoms with van der Waals surface area (Å²) in [7, 11) is 0. The Hall–Kier alpha value is -3.04. The number of nitrogens with one attached hydrogen (secondary N) is 1. The van der Waals surface area contributed by atoms with Crippen molar-refractivity contribution in [1.29, 1.82) is 0 Å². The molecule has 0 aliphatic heterocycles. The molecule has 0 radical (unpaired) electrons. The zero-order valence-electron chi connectivity index (χ0n) is 16.0. The van der Waals surface area contributed by atoms with E-state index in [4.69, 9.17) is 23.2 Å². The number of nitrogens with zero attached hydrogens (tertiary/aromatic N) is 7. The van der Waals surface area contributed by atoms with Crippen molar-refractivity contribution in [3.63, 3.8) is 0 Å². The summed E-state index contributed by atoms with van der Waals surface area (Å²) in [5, 5.41) is 16.0. The molecular weight excluding hydrogens is 427 g/mol. The lowest BCUT2D eigenvalue weighted by Crippen LogP contribution is -2.21. The van der Waals surface area contributed by atoms with Gasteiger partial charge in [0.05, 0.1) is 47.6 Å². The maximum atomic E-state index is 13.1. The summed E-state index contributed by atoms with van der Waals surface area (Å²) in [6.07, 6.45) is 8.59. The topological polar surface area (TPSA) is 103 Å². The Morgan fingerprint density at radius 2 is 1.97 bits per heavy atom. The normalized spacial score (nSPS) is 17.3. The third-order valence-corrected chi connectivity index (χ3v) is 5.73. The van der Waals surface area contributed by atoms with Crippen molar-refractivity contribution in [2.45, 2.75) is 31.6 Å². The van der Waals surface area contributed by atoms with Gasteiger partial charge in [-0.25, -0.2) is 14.5 Å². The van der Waals surface area contributed by atoms with Gasteiger partial charge in [-0.1, -0.05) is 37.0 Å². The zero-order chi connectivity index (χ0) is 21.0. The molecule has 4 aromatic heterocycles. The van der Waals surface area contributed by atoms with Crippen molar-refractivity contribution in [2.24, 2.45) is 0 Å². The molecule has 0 saturated carbocycles. The lowest BCUT2D eigenvalue weighted by Gasteiger charge is -2.19. The molecule has 0 saturated heterocycles. The van der Waals surface area contributed by atoms with Gasteiger partial charge in [0.15, 0.2) is 11.5 Å². The van der Waals surface area contributed by atoms with Crippen LogP contribution < -0.4 is 5.32 Å². The number of amides is 1. The SMILES string of the molecule is CC1(C)C[C@@H](C(=O)Nc2cnc(-n3nccn3)c(Cl)c2)c2cnn3cc(Cl)nc3c21. The first kappa shape index (κ1) is 19.0. The summed E-state index contributed by atoms with van der Waals surface area (Å²) >= 11 is 12.4. The largest absolute Gasteiger partial charge is 0.324 e. The van der Waals surface area contributed by atoms with Crippen LogP contribution >= 0.6 is 23.2 Å². The number of hydrogen-bond acceptors (Lipinski definition) is 6. The third-order valence-electron chi connectivity index (χ3n) is 5.27. The van der Waals surface area contributed by atoms with E-state index in [2.05, 4.69) is 44.4 Å². The van der Waals surface area contributed by atoms with Crippen LogP contribution in [0.4, 0.5) is 5.69 Å². The quantitative estimate of drug-likeness (QED) is 0.521. The van der Waals surface area contributed by atoms with Gasteiger partial charge < -0.3 is 5.32 Å². The molecule has 1 aliphatic carbocycles. The first-order valence-corrected chi connectivity index (χ1v) is 9.96. The van der Waals surface area contributed by atoms with Crippen molar-refractivity contribution >= 4 is 40.4 Å². The van der Waals surface area contributed by atoms with Crippen LogP contribution in [-0.4, -0.2) is 40.5 Å². The second kappa shape index (κ2) is 6.75. The van der Waals surface area contributed by atoms with Crippen LogP contribution in [0.2, 0.25) is 10.2 Å². The Kier molecular flexibility index (Phi) is 4.26. The standard InChI is InChI=1S/C19H16Cl2N8O/c1-19(2)6-11(12-8-25-28-9-14(21)27-17(28)15(12)19)18(30)26-10-5-13(20)16(22-7-10)29-23-3-4-24-29/h3-5,7-9,11H,6H2,1-2H3,(H,26,30)/t11-/m1/s1. The number of aromatic nitrogens is 7. The number of carbonyl (C=O) groups is 1. The summed E-state index contributed by atoms with van der Waals surface area (Å²) in [5.41, 5.74) is 2.75. The van der Waals surface area contributed by atoms with Crippen molar-refractivity contribution in [2.75, 3.05) is 5.32 Å². The van der Waals surface area contributed by atoms with Crippen molar-refractivity contribution in [1.82, 2.24) is 34.6 Å². The number of rotatable bonds is 3. The van der Waals surface area contributed by atoms with Gasteiger partial charge in [-0.15, -0.1) is 4.80 Å². The number of halogens is 2. The van der Waals surface area contributed by atoms with Crippen LogP contribution in [-0.2, 0) is 10.2 Å². The highest BCUT2D eigenvalue weighted by Crippen LogP contribution is 2.47. The van der Waals surface area contributed by atoms with E-state index >= 15 is 0 Å². The van der Waals surface area contributed by atoms with Gasteiger partial charge in [-0.05, 0) is 23.5 Å². The van der Waals surface area contributed by atoms with Crippen molar-refractivity contribution < 1.29 is 4.79 Å². The summed E-state index contributed by atoms with van der Waals surface area (Å²) in [5.74, 6) is -0.155. The fraction of sp³-hybridized carbons (Fsp3) is 0.263. The van der Waals surface area contributed by atoms with Gasteiger partial charge in [0.25, 0.3) is 0 Å². The summed E-state index contributed by atoms with van der Waals surface area (Å²) in [6.45, 7) is 4.18. The summed E-state index contributed by atoms with van der Waals surface area (Å²) < 4.78 is 1.65. The van der Waals surface area contributed by atoms with E-state index < -0.39 is 0 Å². The van der Waals surface area contributed by atoms with E-state index in [1.807, 2.05) is 0 Å². The Balaban J connectivity index is 1.46. The van der Waals surface area contributed by atoms with Crippen molar-refractivity contribution in [3.05, 3.63) is 58.4 Å². The first-order chi connectivity index (χ1) is 14.3. The van der Waals surface area contributed by atoms with E-state index in [0.717, 1.165) is 11.1 Å². The van der Waals surface area contributed by atoms with Gasteiger partial charge in [-0.2, -0.15) is 15.3 Å². The minimum atomic E-state index is -0.380. The minimum Gasteiger partial charge on any atom is -0.324 e. The number of pyridine rings is 1. The Labute approximate surface area is 181 Å². The highest BCUT2D eigenvalue weighted by molar-refractivity contribution is 6.32. The molecule has 0 bridgehead atoms. The molecular formula is C19H16Cl2N8O. The predicted octanol–water partition coefficient (Wildman–Crippen LogP) is 3.42. The number of imidazole rings is 1. The second-order valence-electron chi connectivity index (χ2n) is 7.78. The molecule has 0 aromatic carbocycles. The van der Waals surface area contributed by atoms with E-state index in [-0.39, 0.29) is 17.2 Å². The molecule has 5 rings (SSSR count). The molecule has 4 aromatic rings. The maximum absolute atomic E-state index is 13.1. The highest BCUT2D eigenvalue weighted by Gasteiger charge is 2.43. The van der Waals surface area contributed by atoms with Gasteiger partial charge in [0.1, 0.15) is 5.15 Å². The summed E-state index contributed by atoms with van der Waals surface area (Å²) in [6, 6.07) is 1.63. The van der Waals surface area contributed by atoms with Crippen LogP contribution in [0.1, 0.15) is 37.3 Å². The number of hydrogen-bond donors (Lipinski definition) is 1. The second-order valence-corrected chi connectivity index (χ2v) is 8.58. The van der Waals surface area contributed by atoms with E-state index in [9.17, 15) is 4.79 Å². The van der Waals surface area contributed by atoms with Gasteiger partial charge in [0, 0.05) is 5.56 Å². The Morgan fingerprint density at radius 3 is 2.70 bits per heavy atom. The monoisotopic (exact) mass is 442 g/mol. The number of carbonyl (C=O) groups excluding carboxylic acids is 1. The first-order valence-electron chi connectivity index (χ1n) is 9.21. The van der Waals surface area contributed by atoms with E-state index in [1.54, 1.807) is 23.0 Å². The van der Waals surface area contributed by atoms with Crippen LogP contribution in [0.3, 0.4) is 0 Å². The molecule has 30 heavy (non-hydrogen) atoms. The smallest absolute Gasteiger partial charge is 0.232 e. The number of anilines is 1. The highest BCUT2D eigenvalue weighted by atomic mass is 35.5. The van der Waals surface area contributed by atoms with Crippen LogP contribution in [0.15, 0.2) is 37.1 Å². The molecule has 9 nitrogen and oxygen atoms in total. The number of fused-ring (bicyclic) bond motifs is 3. The lowest BCUT2D eigenvalue weighted by molar-refractivity contribution is -0.117. The average molecular weight is 443 g/mol. The maximum Gasteiger partial charge on any atom is 0.232 e. The molecule has 0 spiro atoms. The third kappa shape index (κ3) is 3.01. The van der Waals surface area contributed by atoms with Crippen LogP contribution in [0, 0.1) is 0 Å². The molecule has 1 atom stereocenters. The van der Waals surface area contributed by atoms with Crippen LogP contribution in [0.25, 0.3) is 11.5 Å². The van der Waals surface area contributed by atoms with Gasteiger partial charge in [0.2, 0.25) is 5.91 Å². The molecule has 0 unspecified atom stereocenters. The predicted molar refractivity (Wildman–Crippen MR) is 111 cm³/mol. The van der Waals surface area contributed by atoms with Crippen molar-refractivity contribution in [3.8, 4) is 5.82 Å². The van der Waals surface area contributed by atoms with Crippen LogP contribution in [0.5, 0.6) is 0 Å². The Morgan fingerprint density at radius 1 is 1.20 bits per heavy atom.